The summed E-state index contributed by atoms with van der Waals surface area (Å²) in [5.41, 5.74) is 1.13. The van der Waals surface area contributed by atoms with Crippen molar-refractivity contribution in [3.63, 3.8) is 0 Å². The number of anilines is 1. The van der Waals surface area contributed by atoms with E-state index in [1.54, 1.807) is 43.3 Å². The van der Waals surface area contributed by atoms with Crippen molar-refractivity contribution in [3.05, 3.63) is 59.1 Å². The Morgan fingerprint density at radius 2 is 1.88 bits per heavy atom. The van der Waals surface area contributed by atoms with E-state index in [0.717, 1.165) is 17.1 Å². The molecule has 1 aliphatic carbocycles. The maximum atomic E-state index is 13.1. The van der Waals surface area contributed by atoms with E-state index >= 15 is 0 Å². The number of carbonyl (C=O) groups excluding carboxylic acids is 1. The molecule has 3 rings (SSSR count). The average Bonchev–Trinajstić information content (AvgIpc) is 3.38. The summed E-state index contributed by atoms with van der Waals surface area (Å²) in [7, 11) is -3.87. The molecular weight excluding hydrogens is 360 g/mol. The van der Waals surface area contributed by atoms with Crippen LogP contribution in [0.15, 0.2) is 53.4 Å². The van der Waals surface area contributed by atoms with Gasteiger partial charge in [0, 0.05) is 11.1 Å². The fourth-order valence-corrected chi connectivity index (χ4v) is 4.28. The summed E-state index contributed by atoms with van der Waals surface area (Å²) >= 11 is 5.99. The van der Waals surface area contributed by atoms with Crippen molar-refractivity contribution in [1.29, 1.82) is 0 Å². The predicted octanol–water partition coefficient (Wildman–Crippen LogP) is 3.12. The zero-order valence-electron chi connectivity index (χ0n) is 13.8. The summed E-state index contributed by atoms with van der Waals surface area (Å²) in [4.78, 5) is 12.4. The van der Waals surface area contributed by atoms with E-state index in [4.69, 9.17) is 11.6 Å². The molecule has 0 heterocycles. The SMILES string of the molecule is Cc1cc(Cl)ccc1N(CC(=O)NC1CC1)S(=O)(=O)c1ccccc1. The summed E-state index contributed by atoms with van der Waals surface area (Å²) in [5.74, 6) is -0.309. The van der Waals surface area contributed by atoms with Crippen LogP contribution < -0.4 is 9.62 Å². The van der Waals surface area contributed by atoms with Crippen molar-refractivity contribution >= 4 is 33.2 Å². The number of benzene rings is 2. The van der Waals surface area contributed by atoms with Crippen LogP contribution in [0.4, 0.5) is 5.69 Å². The van der Waals surface area contributed by atoms with Gasteiger partial charge in [0.15, 0.2) is 0 Å². The number of nitrogens with zero attached hydrogens (tertiary/aromatic N) is 1. The summed E-state index contributed by atoms with van der Waals surface area (Å²) in [5, 5.41) is 3.35. The van der Waals surface area contributed by atoms with Crippen molar-refractivity contribution in [1.82, 2.24) is 5.32 Å². The summed E-state index contributed by atoms with van der Waals surface area (Å²) in [6.45, 7) is 1.50. The first kappa shape index (κ1) is 17.8. The Hall–Kier alpha value is -2.05. The molecule has 1 aliphatic rings. The van der Waals surface area contributed by atoms with Gasteiger partial charge in [0.25, 0.3) is 10.0 Å². The molecule has 0 spiro atoms. The lowest BCUT2D eigenvalue weighted by molar-refractivity contribution is -0.119. The van der Waals surface area contributed by atoms with Crippen molar-refractivity contribution < 1.29 is 13.2 Å². The van der Waals surface area contributed by atoms with Crippen LogP contribution in [0, 0.1) is 6.92 Å². The van der Waals surface area contributed by atoms with E-state index in [1.807, 2.05) is 0 Å². The third-order valence-corrected chi connectivity index (χ3v) is 6.00. The molecule has 0 unspecified atom stereocenters. The molecule has 1 saturated carbocycles. The second kappa shape index (κ2) is 7.06. The van der Waals surface area contributed by atoms with Crippen LogP contribution >= 0.6 is 11.6 Å². The second-order valence-electron chi connectivity index (χ2n) is 6.10. The molecule has 0 saturated heterocycles. The first-order valence-electron chi connectivity index (χ1n) is 8.01. The molecule has 2 aromatic carbocycles. The quantitative estimate of drug-likeness (QED) is 0.839. The number of rotatable bonds is 6. The molecule has 2 aromatic rings. The molecule has 0 bridgehead atoms. The Kier molecular flexibility index (Phi) is 5.01. The number of nitrogens with one attached hydrogen (secondary N) is 1. The van der Waals surface area contributed by atoms with Crippen LogP contribution in [0.5, 0.6) is 0 Å². The van der Waals surface area contributed by atoms with Crippen LogP contribution in [0.1, 0.15) is 18.4 Å². The van der Waals surface area contributed by atoms with Crippen LogP contribution in [0.3, 0.4) is 0 Å². The minimum atomic E-state index is -3.87. The third kappa shape index (κ3) is 4.14. The van der Waals surface area contributed by atoms with Crippen molar-refractivity contribution in [3.8, 4) is 0 Å². The standard InChI is InChI=1S/C18H19ClN2O3S/c1-13-11-14(19)7-10-17(13)21(12-18(22)20-15-8-9-15)25(23,24)16-5-3-2-4-6-16/h2-7,10-11,15H,8-9,12H2,1H3,(H,20,22). The molecule has 1 amide bonds. The van der Waals surface area contributed by atoms with E-state index in [9.17, 15) is 13.2 Å². The maximum absolute atomic E-state index is 13.1. The molecule has 5 nitrogen and oxygen atoms in total. The number of amides is 1. The number of hydrogen-bond donors (Lipinski definition) is 1. The Morgan fingerprint density at radius 3 is 2.48 bits per heavy atom. The predicted molar refractivity (Wildman–Crippen MR) is 98.3 cm³/mol. The Morgan fingerprint density at radius 1 is 1.20 bits per heavy atom. The van der Waals surface area contributed by atoms with E-state index in [2.05, 4.69) is 5.32 Å². The van der Waals surface area contributed by atoms with Crippen molar-refractivity contribution in [2.75, 3.05) is 10.8 Å². The van der Waals surface area contributed by atoms with Crippen LogP contribution in [0.2, 0.25) is 5.02 Å². The minimum absolute atomic E-state index is 0.142. The fourth-order valence-electron chi connectivity index (χ4n) is 2.55. The highest BCUT2D eigenvalue weighted by Gasteiger charge is 2.30. The largest absolute Gasteiger partial charge is 0.352 e. The van der Waals surface area contributed by atoms with Gasteiger partial charge in [0.05, 0.1) is 10.6 Å². The molecule has 0 atom stereocenters. The Balaban J connectivity index is 2.00. The molecule has 25 heavy (non-hydrogen) atoms. The van der Waals surface area contributed by atoms with E-state index in [0.29, 0.717) is 16.3 Å². The first-order chi connectivity index (χ1) is 11.9. The van der Waals surface area contributed by atoms with Crippen LogP contribution in [-0.4, -0.2) is 26.9 Å². The number of aryl methyl sites for hydroxylation is 1. The first-order valence-corrected chi connectivity index (χ1v) is 9.83. The highest BCUT2D eigenvalue weighted by molar-refractivity contribution is 7.92. The topological polar surface area (TPSA) is 66.5 Å². The number of hydrogen-bond acceptors (Lipinski definition) is 3. The lowest BCUT2D eigenvalue weighted by Gasteiger charge is -2.25. The van der Waals surface area contributed by atoms with Gasteiger partial charge in [-0.2, -0.15) is 0 Å². The lowest BCUT2D eigenvalue weighted by Crippen LogP contribution is -2.41. The van der Waals surface area contributed by atoms with Gasteiger partial charge in [-0.1, -0.05) is 29.8 Å². The Bertz CT molecular complexity index is 880. The fraction of sp³-hybridized carbons (Fsp3) is 0.278. The summed E-state index contributed by atoms with van der Waals surface area (Å²) in [6.07, 6.45) is 1.88. The molecular formula is C18H19ClN2O3S. The molecule has 1 fully saturated rings. The second-order valence-corrected chi connectivity index (χ2v) is 8.40. The van der Waals surface area contributed by atoms with Gasteiger partial charge < -0.3 is 5.32 Å². The number of sulfonamides is 1. The lowest BCUT2D eigenvalue weighted by atomic mass is 10.2. The van der Waals surface area contributed by atoms with Gasteiger partial charge in [-0.05, 0) is 55.7 Å². The smallest absolute Gasteiger partial charge is 0.264 e. The highest BCUT2D eigenvalue weighted by atomic mass is 35.5. The van der Waals surface area contributed by atoms with Gasteiger partial charge >= 0.3 is 0 Å². The highest BCUT2D eigenvalue weighted by Crippen LogP contribution is 2.29. The van der Waals surface area contributed by atoms with Crippen LogP contribution in [-0.2, 0) is 14.8 Å². The molecule has 0 aromatic heterocycles. The van der Waals surface area contributed by atoms with Gasteiger partial charge in [-0.15, -0.1) is 0 Å². The van der Waals surface area contributed by atoms with Gasteiger partial charge in [-0.3, -0.25) is 9.10 Å². The molecule has 7 heteroatoms. The molecule has 1 N–H and O–H groups in total. The van der Waals surface area contributed by atoms with E-state index in [1.165, 1.54) is 12.1 Å². The zero-order valence-corrected chi connectivity index (χ0v) is 15.3. The third-order valence-electron chi connectivity index (χ3n) is 3.99. The average molecular weight is 379 g/mol. The van der Waals surface area contributed by atoms with Gasteiger partial charge in [0.2, 0.25) is 5.91 Å². The van der Waals surface area contributed by atoms with Gasteiger partial charge in [-0.25, -0.2) is 8.42 Å². The summed E-state index contributed by atoms with van der Waals surface area (Å²) < 4.78 is 27.4. The number of carbonyl (C=O) groups is 1. The monoisotopic (exact) mass is 378 g/mol. The van der Waals surface area contributed by atoms with Gasteiger partial charge in [0.1, 0.15) is 6.54 Å². The number of halogens is 1. The van der Waals surface area contributed by atoms with Crippen molar-refractivity contribution in [2.24, 2.45) is 0 Å². The molecule has 0 radical (unpaired) electrons. The maximum Gasteiger partial charge on any atom is 0.264 e. The Labute approximate surface area is 152 Å². The van der Waals surface area contributed by atoms with E-state index < -0.39 is 10.0 Å². The van der Waals surface area contributed by atoms with E-state index in [-0.39, 0.29) is 23.4 Å². The van der Waals surface area contributed by atoms with Crippen LogP contribution in [0.25, 0.3) is 0 Å². The molecule has 132 valence electrons. The summed E-state index contributed by atoms with van der Waals surface area (Å²) in [6, 6.07) is 13.2. The van der Waals surface area contributed by atoms with Crippen molar-refractivity contribution in [2.45, 2.75) is 30.7 Å². The normalized spacial score (nSPS) is 14.2. The molecule has 0 aliphatic heterocycles. The zero-order chi connectivity index (χ0) is 18.0. The minimum Gasteiger partial charge on any atom is -0.352 e.